The van der Waals surface area contributed by atoms with Crippen molar-refractivity contribution in [2.45, 2.75) is 20.8 Å². The first-order valence-corrected chi connectivity index (χ1v) is 7.47. The van der Waals surface area contributed by atoms with Gasteiger partial charge in [0.25, 0.3) is 0 Å². The van der Waals surface area contributed by atoms with Gasteiger partial charge < -0.3 is 16.0 Å². The molecule has 2 aromatic carbocycles. The van der Waals surface area contributed by atoms with Crippen LogP contribution in [-0.2, 0) is 4.79 Å². The highest BCUT2D eigenvalue weighted by Crippen LogP contribution is 2.18. The van der Waals surface area contributed by atoms with Gasteiger partial charge in [0.15, 0.2) is 0 Å². The van der Waals surface area contributed by atoms with Gasteiger partial charge in [-0.3, -0.25) is 4.79 Å². The van der Waals surface area contributed by atoms with E-state index in [0.29, 0.717) is 12.2 Å². The Labute approximate surface area is 131 Å². The largest absolute Gasteiger partial charge is 0.398 e. The summed E-state index contributed by atoms with van der Waals surface area (Å²) < 4.78 is 0. The van der Waals surface area contributed by atoms with Gasteiger partial charge in [0.1, 0.15) is 0 Å². The van der Waals surface area contributed by atoms with Gasteiger partial charge in [0.05, 0.1) is 6.54 Å². The summed E-state index contributed by atoms with van der Waals surface area (Å²) in [7, 11) is 0. The highest BCUT2D eigenvalue weighted by molar-refractivity contribution is 5.94. The van der Waals surface area contributed by atoms with Crippen LogP contribution in [0, 0.1) is 13.8 Å². The average Bonchev–Trinajstić information content (AvgIpc) is 2.48. The molecule has 22 heavy (non-hydrogen) atoms. The fraction of sp³-hybridized carbons (Fsp3) is 0.278. The van der Waals surface area contributed by atoms with Gasteiger partial charge in [0.2, 0.25) is 5.91 Å². The molecule has 0 fully saturated rings. The summed E-state index contributed by atoms with van der Waals surface area (Å²) >= 11 is 0. The second kappa shape index (κ2) is 6.98. The number of anilines is 3. The SMILES string of the molecule is CCN(CC(=O)Nc1ccc(C)c(N)c1)c1cccc(C)c1. The molecular weight excluding hydrogens is 274 g/mol. The molecule has 0 aliphatic rings. The van der Waals surface area contributed by atoms with Gasteiger partial charge in [-0.2, -0.15) is 0 Å². The summed E-state index contributed by atoms with van der Waals surface area (Å²) in [6, 6.07) is 13.7. The molecule has 0 aliphatic carbocycles. The number of amides is 1. The first-order chi connectivity index (χ1) is 10.5. The first kappa shape index (κ1) is 15.9. The van der Waals surface area contributed by atoms with Crippen LogP contribution >= 0.6 is 0 Å². The van der Waals surface area contributed by atoms with E-state index in [1.165, 1.54) is 5.56 Å². The van der Waals surface area contributed by atoms with Crippen molar-refractivity contribution in [2.24, 2.45) is 0 Å². The van der Waals surface area contributed by atoms with Crippen molar-refractivity contribution in [3.8, 4) is 0 Å². The molecule has 1 amide bonds. The number of likely N-dealkylation sites (N-methyl/N-ethyl adjacent to an activating group) is 1. The quantitative estimate of drug-likeness (QED) is 0.832. The second-order valence-electron chi connectivity index (χ2n) is 5.47. The van der Waals surface area contributed by atoms with Crippen molar-refractivity contribution in [3.05, 3.63) is 53.6 Å². The maximum Gasteiger partial charge on any atom is 0.243 e. The number of rotatable bonds is 5. The Morgan fingerprint density at radius 3 is 2.59 bits per heavy atom. The molecule has 0 unspecified atom stereocenters. The van der Waals surface area contributed by atoms with Crippen molar-refractivity contribution in [1.29, 1.82) is 0 Å². The number of carbonyl (C=O) groups excluding carboxylic acids is 1. The lowest BCUT2D eigenvalue weighted by atomic mass is 10.2. The van der Waals surface area contributed by atoms with Gasteiger partial charge in [0, 0.05) is 23.6 Å². The minimum atomic E-state index is -0.0494. The van der Waals surface area contributed by atoms with E-state index >= 15 is 0 Å². The van der Waals surface area contributed by atoms with E-state index in [2.05, 4.69) is 11.4 Å². The van der Waals surface area contributed by atoms with E-state index in [4.69, 9.17) is 5.73 Å². The van der Waals surface area contributed by atoms with Crippen LogP contribution in [0.25, 0.3) is 0 Å². The molecular formula is C18H23N3O. The van der Waals surface area contributed by atoms with E-state index in [1.54, 1.807) is 6.07 Å². The lowest BCUT2D eigenvalue weighted by Crippen LogP contribution is -2.33. The van der Waals surface area contributed by atoms with E-state index in [-0.39, 0.29) is 5.91 Å². The smallest absolute Gasteiger partial charge is 0.243 e. The number of nitrogen functional groups attached to an aromatic ring is 1. The zero-order valence-corrected chi connectivity index (χ0v) is 13.4. The van der Waals surface area contributed by atoms with Crippen LogP contribution in [0.3, 0.4) is 0 Å². The van der Waals surface area contributed by atoms with Crippen molar-refractivity contribution in [3.63, 3.8) is 0 Å². The van der Waals surface area contributed by atoms with Crippen molar-refractivity contribution in [2.75, 3.05) is 29.0 Å². The van der Waals surface area contributed by atoms with E-state index in [1.807, 2.05) is 56.0 Å². The highest BCUT2D eigenvalue weighted by Gasteiger charge is 2.10. The Hall–Kier alpha value is -2.49. The Balaban J connectivity index is 2.04. The van der Waals surface area contributed by atoms with E-state index in [9.17, 15) is 4.79 Å². The molecule has 0 aromatic heterocycles. The van der Waals surface area contributed by atoms with Crippen LogP contribution in [0.5, 0.6) is 0 Å². The molecule has 116 valence electrons. The third kappa shape index (κ3) is 4.01. The first-order valence-electron chi connectivity index (χ1n) is 7.47. The van der Waals surface area contributed by atoms with Gasteiger partial charge in [-0.1, -0.05) is 18.2 Å². The van der Waals surface area contributed by atoms with Crippen LogP contribution in [0.2, 0.25) is 0 Å². The zero-order valence-electron chi connectivity index (χ0n) is 13.4. The number of nitrogens with one attached hydrogen (secondary N) is 1. The molecule has 3 N–H and O–H groups in total. The number of aryl methyl sites for hydroxylation is 2. The van der Waals surface area contributed by atoms with Crippen LogP contribution in [0.15, 0.2) is 42.5 Å². The predicted octanol–water partition coefficient (Wildman–Crippen LogP) is 3.35. The molecule has 4 nitrogen and oxygen atoms in total. The molecule has 0 bridgehead atoms. The Kier molecular flexibility index (Phi) is 5.04. The van der Waals surface area contributed by atoms with Gasteiger partial charge in [-0.05, 0) is 56.2 Å². The fourth-order valence-electron chi connectivity index (χ4n) is 2.30. The third-order valence-corrected chi connectivity index (χ3v) is 3.65. The number of nitrogens with two attached hydrogens (primary N) is 1. The van der Waals surface area contributed by atoms with E-state index in [0.717, 1.165) is 23.5 Å². The number of benzene rings is 2. The zero-order chi connectivity index (χ0) is 16.1. The monoisotopic (exact) mass is 297 g/mol. The van der Waals surface area contributed by atoms with Gasteiger partial charge in [-0.15, -0.1) is 0 Å². The standard InChI is InChI=1S/C18H23N3O/c1-4-21(16-7-5-6-13(2)10-16)12-18(22)20-15-9-8-14(3)17(19)11-15/h5-11H,4,12,19H2,1-3H3,(H,20,22). The summed E-state index contributed by atoms with van der Waals surface area (Å²) in [5, 5.41) is 2.90. The molecule has 4 heteroatoms. The number of nitrogens with zero attached hydrogens (tertiary/aromatic N) is 1. The second-order valence-corrected chi connectivity index (χ2v) is 5.47. The molecule has 2 rings (SSSR count). The van der Waals surface area contributed by atoms with E-state index < -0.39 is 0 Å². The Bertz CT molecular complexity index is 667. The molecule has 0 aliphatic heterocycles. The van der Waals surface area contributed by atoms with Gasteiger partial charge >= 0.3 is 0 Å². The van der Waals surface area contributed by atoms with Crippen molar-refractivity contribution >= 4 is 23.0 Å². The fourth-order valence-corrected chi connectivity index (χ4v) is 2.30. The number of hydrogen-bond donors (Lipinski definition) is 2. The molecule has 0 radical (unpaired) electrons. The van der Waals surface area contributed by atoms with Crippen LogP contribution in [-0.4, -0.2) is 19.0 Å². The molecule has 0 spiro atoms. The maximum absolute atomic E-state index is 12.2. The molecule has 0 atom stereocenters. The molecule has 0 saturated carbocycles. The van der Waals surface area contributed by atoms with Crippen molar-refractivity contribution < 1.29 is 4.79 Å². The summed E-state index contributed by atoms with van der Waals surface area (Å²) in [5.74, 6) is -0.0494. The molecule has 0 saturated heterocycles. The van der Waals surface area contributed by atoms with Gasteiger partial charge in [-0.25, -0.2) is 0 Å². The van der Waals surface area contributed by atoms with Crippen LogP contribution in [0.1, 0.15) is 18.1 Å². The highest BCUT2D eigenvalue weighted by atomic mass is 16.2. The summed E-state index contributed by atoms with van der Waals surface area (Å²) in [4.78, 5) is 14.3. The predicted molar refractivity (Wildman–Crippen MR) is 93.3 cm³/mol. The lowest BCUT2D eigenvalue weighted by molar-refractivity contribution is -0.115. The Morgan fingerprint density at radius 2 is 1.95 bits per heavy atom. The summed E-state index contributed by atoms with van der Waals surface area (Å²) in [5.41, 5.74) is 10.5. The lowest BCUT2D eigenvalue weighted by Gasteiger charge is -2.23. The van der Waals surface area contributed by atoms with Crippen LogP contribution < -0.4 is 16.0 Å². The number of carbonyl (C=O) groups is 1. The summed E-state index contributed by atoms with van der Waals surface area (Å²) in [6.45, 7) is 7.12. The minimum absolute atomic E-state index is 0.0494. The minimum Gasteiger partial charge on any atom is -0.398 e. The summed E-state index contributed by atoms with van der Waals surface area (Å²) in [6.07, 6.45) is 0. The van der Waals surface area contributed by atoms with Crippen LogP contribution in [0.4, 0.5) is 17.1 Å². The van der Waals surface area contributed by atoms with Crippen molar-refractivity contribution in [1.82, 2.24) is 0 Å². The maximum atomic E-state index is 12.2. The topological polar surface area (TPSA) is 58.4 Å². The normalized spacial score (nSPS) is 10.3. The third-order valence-electron chi connectivity index (χ3n) is 3.65. The number of hydrogen-bond acceptors (Lipinski definition) is 3. The molecule has 0 heterocycles. The Morgan fingerprint density at radius 1 is 1.18 bits per heavy atom. The molecule has 2 aromatic rings. The average molecular weight is 297 g/mol.